The maximum Gasteiger partial charge on any atom is 0.335 e. The van der Waals surface area contributed by atoms with Crippen LogP contribution < -0.4 is 10.5 Å². The Hall–Kier alpha value is -2.13. The summed E-state index contributed by atoms with van der Waals surface area (Å²) in [6, 6.07) is 5.64. The van der Waals surface area contributed by atoms with Gasteiger partial charge in [-0.25, -0.2) is 23.1 Å². The van der Waals surface area contributed by atoms with E-state index in [0.29, 0.717) is 18.4 Å². The zero-order chi connectivity index (χ0) is 17.2. The van der Waals surface area contributed by atoms with Crippen LogP contribution in [-0.2, 0) is 10.0 Å². The molecule has 0 bridgehead atoms. The number of nitrogens with zero attached hydrogens (tertiary/aromatic N) is 1. The Morgan fingerprint density at radius 3 is 2.57 bits per heavy atom. The Morgan fingerprint density at radius 2 is 2.00 bits per heavy atom. The van der Waals surface area contributed by atoms with Crippen LogP contribution in [0.1, 0.15) is 34.7 Å². The maximum absolute atomic E-state index is 12.1. The van der Waals surface area contributed by atoms with Crippen molar-refractivity contribution in [2.75, 3.05) is 13.6 Å². The maximum atomic E-state index is 12.1. The van der Waals surface area contributed by atoms with Gasteiger partial charge in [0.25, 0.3) is 0 Å². The number of likely N-dealkylation sites (tertiary alicyclic amines) is 1. The van der Waals surface area contributed by atoms with Gasteiger partial charge in [-0.2, -0.15) is 0 Å². The number of hydrogen-bond donors (Lipinski definition) is 3. The third-order valence-electron chi connectivity index (χ3n) is 3.97. The monoisotopic (exact) mass is 341 g/mol. The molecule has 1 saturated heterocycles. The zero-order valence-electron chi connectivity index (χ0n) is 12.6. The predicted molar refractivity (Wildman–Crippen MR) is 83.4 cm³/mol. The summed E-state index contributed by atoms with van der Waals surface area (Å²) in [6.45, 7) is 0.243. The largest absolute Gasteiger partial charge is 0.478 e. The number of carbonyl (C=O) groups excluding carboxylic acids is 1. The lowest BCUT2D eigenvalue weighted by molar-refractivity contribution is 0.0694. The van der Waals surface area contributed by atoms with E-state index in [2.05, 4.69) is 5.32 Å². The molecule has 0 radical (unpaired) electrons. The first kappa shape index (κ1) is 17.2. The molecule has 2 unspecified atom stereocenters. The summed E-state index contributed by atoms with van der Waals surface area (Å²) in [5.41, 5.74) is 0.387. The highest BCUT2D eigenvalue weighted by Gasteiger charge is 2.43. The summed E-state index contributed by atoms with van der Waals surface area (Å²) < 4.78 is 24.2. The van der Waals surface area contributed by atoms with Gasteiger partial charge in [-0.15, -0.1) is 0 Å². The number of amides is 2. The lowest BCUT2D eigenvalue weighted by atomic mass is 9.87. The van der Waals surface area contributed by atoms with E-state index in [1.807, 2.05) is 0 Å². The highest BCUT2D eigenvalue weighted by atomic mass is 32.2. The second kappa shape index (κ2) is 6.55. The van der Waals surface area contributed by atoms with Crippen LogP contribution in [0.5, 0.6) is 0 Å². The molecule has 2 amide bonds. The molecule has 0 spiro atoms. The summed E-state index contributed by atoms with van der Waals surface area (Å²) in [6.07, 6.45) is 0.983. The van der Waals surface area contributed by atoms with Crippen molar-refractivity contribution < 1.29 is 23.1 Å². The van der Waals surface area contributed by atoms with E-state index in [9.17, 15) is 23.1 Å². The Labute approximate surface area is 134 Å². The molecule has 2 rings (SSSR count). The summed E-state index contributed by atoms with van der Waals surface area (Å²) in [5, 5.41) is 15.8. The average molecular weight is 341 g/mol. The van der Waals surface area contributed by atoms with E-state index in [1.165, 1.54) is 13.1 Å². The third-order valence-corrected chi connectivity index (χ3v) is 5.22. The van der Waals surface area contributed by atoms with Crippen molar-refractivity contribution >= 4 is 22.0 Å². The van der Waals surface area contributed by atoms with Gasteiger partial charge < -0.3 is 15.3 Å². The third kappa shape index (κ3) is 3.45. The highest BCUT2D eigenvalue weighted by Crippen LogP contribution is 2.36. The van der Waals surface area contributed by atoms with Crippen molar-refractivity contribution in [1.82, 2.24) is 10.2 Å². The topological polar surface area (TPSA) is 130 Å². The molecule has 23 heavy (non-hydrogen) atoms. The predicted octanol–water partition coefficient (Wildman–Crippen LogP) is 0.518. The number of urea groups is 1. The van der Waals surface area contributed by atoms with Crippen molar-refractivity contribution in [3.05, 3.63) is 35.4 Å². The fourth-order valence-electron chi connectivity index (χ4n) is 3.06. The highest BCUT2D eigenvalue weighted by molar-refractivity contribution is 7.89. The van der Waals surface area contributed by atoms with E-state index >= 15 is 0 Å². The lowest BCUT2D eigenvalue weighted by Crippen LogP contribution is -2.56. The molecule has 1 heterocycles. The second-order valence-electron chi connectivity index (χ2n) is 5.37. The van der Waals surface area contributed by atoms with Crippen molar-refractivity contribution in [1.29, 1.82) is 0 Å². The van der Waals surface area contributed by atoms with Gasteiger partial charge in [-0.3, -0.25) is 0 Å². The van der Waals surface area contributed by atoms with Gasteiger partial charge in [-0.05, 0) is 24.5 Å². The van der Waals surface area contributed by atoms with Crippen molar-refractivity contribution in [3.63, 3.8) is 0 Å². The summed E-state index contributed by atoms with van der Waals surface area (Å²) >= 11 is 0. The molecule has 8 nitrogen and oxygen atoms in total. The Kier molecular flexibility index (Phi) is 4.90. The van der Waals surface area contributed by atoms with Gasteiger partial charge in [-0.1, -0.05) is 18.2 Å². The number of hydrogen-bond acceptors (Lipinski definition) is 4. The van der Waals surface area contributed by atoms with E-state index in [1.54, 1.807) is 18.2 Å². The first-order chi connectivity index (χ1) is 10.8. The van der Waals surface area contributed by atoms with Gasteiger partial charge >= 0.3 is 12.0 Å². The number of benzene rings is 1. The number of carboxylic acids is 1. The SMILES string of the molecule is CNC(=O)N1CCCC(c2ccccc2C(=O)O)C1S(N)(=O)=O. The van der Waals surface area contributed by atoms with Crippen LogP contribution in [0.4, 0.5) is 4.79 Å². The summed E-state index contributed by atoms with van der Waals surface area (Å²) in [7, 11) is -2.70. The van der Waals surface area contributed by atoms with Gasteiger partial charge in [0.1, 0.15) is 0 Å². The fraction of sp³-hybridized carbons (Fsp3) is 0.429. The van der Waals surface area contributed by atoms with Crippen LogP contribution in [0.3, 0.4) is 0 Å². The smallest absolute Gasteiger partial charge is 0.335 e. The normalized spacial score (nSPS) is 21.7. The molecule has 1 aliphatic rings. The van der Waals surface area contributed by atoms with Crippen LogP contribution in [0, 0.1) is 0 Å². The average Bonchev–Trinajstić information content (AvgIpc) is 2.52. The van der Waals surface area contributed by atoms with Gasteiger partial charge in [0.15, 0.2) is 5.37 Å². The van der Waals surface area contributed by atoms with Gasteiger partial charge in [0, 0.05) is 19.5 Å². The molecule has 1 aromatic carbocycles. The Morgan fingerprint density at radius 1 is 1.35 bits per heavy atom. The number of sulfonamides is 1. The number of rotatable bonds is 3. The Balaban J connectivity index is 2.56. The molecule has 1 aromatic rings. The molecule has 0 aromatic heterocycles. The first-order valence-corrected chi connectivity index (χ1v) is 8.70. The van der Waals surface area contributed by atoms with Crippen LogP contribution in [0.25, 0.3) is 0 Å². The van der Waals surface area contributed by atoms with Crippen molar-refractivity contribution in [2.24, 2.45) is 5.14 Å². The van der Waals surface area contributed by atoms with E-state index in [-0.39, 0.29) is 12.1 Å². The first-order valence-electron chi connectivity index (χ1n) is 7.09. The standard InChI is InChI=1S/C14H19N3O5S/c1-16-14(20)17-8-4-7-10(12(17)23(15,21)22)9-5-2-3-6-11(9)13(18)19/h2-3,5-6,10,12H,4,7-8H2,1H3,(H,16,20)(H,18,19)(H2,15,21,22). The van der Waals surface area contributed by atoms with Crippen molar-refractivity contribution in [2.45, 2.75) is 24.1 Å². The second-order valence-corrected chi connectivity index (χ2v) is 7.03. The minimum Gasteiger partial charge on any atom is -0.478 e. The molecule has 0 aliphatic carbocycles. The van der Waals surface area contributed by atoms with Crippen LogP contribution in [0.2, 0.25) is 0 Å². The zero-order valence-corrected chi connectivity index (χ0v) is 13.4. The molecule has 0 saturated carbocycles. The lowest BCUT2D eigenvalue weighted by Gasteiger charge is -2.39. The van der Waals surface area contributed by atoms with E-state index in [4.69, 9.17) is 5.14 Å². The Bertz CT molecular complexity index is 719. The quantitative estimate of drug-likeness (QED) is 0.738. The molecule has 4 N–H and O–H groups in total. The number of carbonyl (C=O) groups is 2. The molecule has 2 atom stereocenters. The summed E-state index contributed by atoms with van der Waals surface area (Å²) in [4.78, 5) is 24.6. The summed E-state index contributed by atoms with van der Waals surface area (Å²) in [5.74, 6) is -1.84. The number of nitrogens with one attached hydrogen (secondary N) is 1. The number of carboxylic acid groups (broad SMARTS) is 1. The molecular weight excluding hydrogens is 322 g/mol. The van der Waals surface area contributed by atoms with E-state index in [0.717, 1.165) is 4.90 Å². The molecule has 1 aliphatic heterocycles. The van der Waals surface area contributed by atoms with Crippen LogP contribution in [-0.4, -0.2) is 49.4 Å². The van der Waals surface area contributed by atoms with Gasteiger partial charge in [0.2, 0.25) is 10.0 Å². The minimum atomic E-state index is -4.10. The molecule has 1 fully saturated rings. The molecular formula is C14H19N3O5S. The van der Waals surface area contributed by atoms with Crippen molar-refractivity contribution in [3.8, 4) is 0 Å². The number of piperidine rings is 1. The fourth-order valence-corrected chi connectivity index (χ4v) is 4.36. The number of aromatic carboxylic acids is 1. The molecule has 126 valence electrons. The van der Waals surface area contributed by atoms with Crippen LogP contribution in [0.15, 0.2) is 24.3 Å². The number of primary sulfonamides is 1. The van der Waals surface area contributed by atoms with Crippen LogP contribution >= 0.6 is 0 Å². The minimum absolute atomic E-state index is 0.0184. The van der Waals surface area contributed by atoms with Gasteiger partial charge in [0.05, 0.1) is 5.56 Å². The van der Waals surface area contributed by atoms with E-state index < -0.39 is 33.3 Å². The molecule has 9 heteroatoms. The number of nitrogens with two attached hydrogens (primary N) is 1.